The molecular formula is C22H29Cl2N5O. The van der Waals surface area contributed by atoms with Gasteiger partial charge in [-0.15, -0.1) is 0 Å². The van der Waals surface area contributed by atoms with E-state index in [9.17, 15) is 4.79 Å². The fourth-order valence-corrected chi connectivity index (χ4v) is 4.45. The van der Waals surface area contributed by atoms with E-state index in [4.69, 9.17) is 23.2 Å². The van der Waals surface area contributed by atoms with Gasteiger partial charge in [0, 0.05) is 43.7 Å². The zero-order valence-electron chi connectivity index (χ0n) is 17.4. The number of unbranched alkanes of at least 4 members (excludes halogenated alkanes) is 1. The molecule has 0 bridgehead atoms. The van der Waals surface area contributed by atoms with Crippen LogP contribution in [0.3, 0.4) is 0 Å². The lowest BCUT2D eigenvalue weighted by Crippen LogP contribution is -2.44. The summed E-state index contributed by atoms with van der Waals surface area (Å²) in [5, 5.41) is 8.68. The maximum atomic E-state index is 12.8. The molecule has 0 unspecified atom stereocenters. The molecule has 2 heterocycles. The highest BCUT2D eigenvalue weighted by Crippen LogP contribution is 2.43. The summed E-state index contributed by atoms with van der Waals surface area (Å²) < 4.78 is 1.80. The molecule has 1 amide bonds. The number of piperazine rings is 1. The van der Waals surface area contributed by atoms with E-state index in [-0.39, 0.29) is 5.91 Å². The Morgan fingerprint density at radius 1 is 1.17 bits per heavy atom. The molecule has 1 saturated carbocycles. The molecule has 6 nitrogen and oxygen atoms in total. The fourth-order valence-electron chi connectivity index (χ4n) is 3.96. The van der Waals surface area contributed by atoms with Crippen LogP contribution < -0.4 is 5.32 Å². The maximum Gasteiger partial charge on any atom is 0.254 e. The van der Waals surface area contributed by atoms with E-state index in [1.807, 2.05) is 6.07 Å². The van der Waals surface area contributed by atoms with Crippen molar-refractivity contribution >= 4 is 29.1 Å². The number of nitrogens with zero attached hydrogens (tertiary/aromatic N) is 4. The average molecular weight is 450 g/mol. The van der Waals surface area contributed by atoms with Gasteiger partial charge in [0.15, 0.2) is 0 Å². The number of halogens is 2. The molecule has 2 aromatic rings. The number of hydrogen-bond donors (Lipinski definition) is 1. The second-order valence-electron chi connectivity index (χ2n) is 8.33. The molecule has 1 N–H and O–H groups in total. The molecule has 2 fully saturated rings. The molecule has 162 valence electrons. The van der Waals surface area contributed by atoms with E-state index >= 15 is 0 Å². The monoisotopic (exact) mass is 449 g/mol. The van der Waals surface area contributed by atoms with Crippen molar-refractivity contribution in [3.05, 3.63) is 45.7 Å². The highest BCUT2D eigenvalue weighted by Gasteiger charge is 2.33. The zero-order valence-corrected chi connectivity index (χ0v) is 18.9. The number of nitrogens with one attached hydrogen (secondary N) is 1. The Morgan fingerprint density at radius 3 is 2.63 bits per heavy atom. The quantitative estimate of drug-likeness (QED) is 0.622. The van der Waals surface area contributed by atoms with Gasteiger partial charge in [-0.1, -0.05) is 23.2 Å². The molecule has 0 atom stereocenters. The third kappa shape index (κ3) is 5.17. The van der Waals surface area contributed by atoms with Gasteiger partial charge in [-0.25, -0.2) is 4.68 Å². The van der Waals surface area contributed by atoms with Crippen molar-refractivity contribution in [2.45, 2.75) is 31.6 Å². The Hall–Kier alpha value is -1.60. The Labute approximate surface area is 188 Å². The van der Waals surface area contributed by atoms with Gasteiger partial charge in [0.25, 0.3) is 5.91 Å². The first kappa shape index (κ1) is 21.6. The Balaban J connectivity index is 1.33. The normalized spacial score (nSPS) is 18.0. The van der Waals surface area contributed by atoms with Crippen LogP contribution in [0.4, 0.5) is 0 Å². The molecule has 1 aromatic carbocycles. The van der Waals surface area contributed by atoms with Crippen LogP contribution in [0.5, 0.6) is 0 Å². The standard InChI is InChI=1S/C22H29Cl2N5O/c1-27-10-12-28(13-11-27)9-3-2-8-25-22(30)18-15-26-29(21(18)16-4-5-16)20-7-6-17(23)14-19(20)24/h6-7,14-16H,2-5,8-13H2,1H3,(H,25,30). The van der Waals surface area contributed by atoms with Gasteiger partial charge in [-0.05, 0) is 57.5 Å². The summed E-state index contributed by atoms with van der Waals surface area (Å²) in [6.45, 7) is 6.35. The van der Waals surface area contributed by atoms with E-state index < -0.39 is 0 Å². The van der Waals surface area contributed by atoms with Crippen LogP contribution in [0, 0.1) is 0 Å². The number of likely N-dealkylation sites (N-methyl/N-ethyl adjacent to an activating group) is 1. The first-order valence-corrected chi connectivity index (χ1v) is 11.5. The van der Waals surface area contributed by atoms with Crippen LogP contribution in [0.15, 0.2) is 24.4 Å². The molecule has 1 aliphatic heterocycles. The lowest BCUT2D eigenvalue weighted by molar-refractivity contribution is 0.0951. The predicted octanol–water partition coefficient (Wildman–Crippen LogP) is 3.81. The van der Waals surface area contributed by atoms with Gasteiger partial charge >= 0.3 is 0 Å². The van der Waals surface area contributed by atoms with Crippen molar-refractivity contribution in [3.8, 4) is 5.69 Å². The lowest BCUT2D eigenvalue weighted by Gasteiger charge is -2.32. The lowest BCUT2D eigenvalue weighted by atomic mass is 10.1. The molecule has 4 rings (SSSR count). The van der Waals surface area contributed by atoms with Crippen LogP contribution in [0.2, 0.25) is 10.0 Å². The first-order chi connectivity index (χ1) is 14.5. The van der Waals surface area contributed by atoms with Gasteiger partial charge in [0.1, 0.15) is 0 Å². The largest absolute Gasteiger partial charge is 0.352 e. The fraction of sp³-hybridized carbons (Fsp3) is 0.545. The smallest absolute Gasteiger partial charge is 0.254 e. The van der Waals surface area contributed by atoms with Crippen LogP contribution in [0.1, 0.15) is 47.7 Å². The van der Waals surface area contributed by atoms with Crippen LogP contribution in [-0.4, -0.2) is 71.8 Å². The topological polar surface area (TPSA) is 53.4 Å². The van der Waals surface area contributed by atoms with Crippen LogP contribution in [0.25, 0.3) is 5.69 Å². The SMILES string of the molecule is CN1CCN(CCCCNC(=O)c2cnn(-c3ccc(Cl)cc3Cl)c2C2CC2)CC1. The van der Waals surface area contributed by atoms with E-state index in [0.29, 0.717) is 28.1 Å². The molecule has 0 spiro atoms. The zero-order chi connectivity index (χ0) is 21.1. The molecule has 0 radical (unpaired) electrons. The number of benzene rings is 1. The minimum atomic E-state index is -0.0483. The van der Waals surface area contributed by atoms with E-state index in [0.717, 1.165) is 69.8 Å². The number of amides is 1. The summed E-state index contributed by atoms with van der Waals surface area (Å²) in [6, 6.07) is 5.35. The summed E-state index contributed by atoms with van der Waals surface area (Å²) in [5.41, 5.74) is 2.37. The number of hydrogen-bond acceptors (Lipinski definition) is 4. The molecule has 1 saturated heterocycles. The van der Waals surface area contributed by atoms with Gasteiger partial charge in [-0.3, -0.25) is 4.79 Å². The molecule has 8 heteroatoms. The predicted molar refractivity (Wildman–Crippen MR) is 121 cm³/mol. The van der Waals surface area contributed by atoms with E-state index in [2.05, 4.69) is 27.3 Å². The van der Waals surface area contributed by atoms with E-state index in [1.54, 1.807) is 23.0 Å². The minimum absolute atomic E-state index is 0.0483. The Kier molecular flexibility index (Phi) is 6.98. The van der Waals surface area contributed by atoms with Crippen molar-refractivity contribution in [2.24, 2.45) is 0 Å². The van der Waals surface area contributed by atoms with Gasteiger partial charge in [-0.2, -0.15) is 5.10 Å². The average Bonchev–Trinajstić information content (AvgIpc) is 3.47. The number of carbonyl (C=O) groups is 1. The molecular weight excluding hydrogens is 421 g/mol. The second-order valence-corrected chi connectivity index (χ2v) is 9.18. The third-order valence-corrected chi connectivity index (χ3v) is 6.47. The van der Waals surface area contributed by atoms with Crippen LogP contribution in [-0.2, 0) is 0 Å². The van der Waals surface area contributed by atoms with Crippen molar-refractivity contribution in [2.75, 3.05) is 46.3 Å². The molecule has 30 heavy (non-hydrogen) atoms. The third-order valence-electron chi connectivity index (χ3n) is 5.94. The summed E-state index contributed by atoms with van der Waals surface area (Å²) in [7, 11) is 2.17. The van der Waals surface area contributed by atoms with Crippen molar-refractivity contribution in [1.82, 2.24) is 24.9 Å². The van der Waals surface area contributed by atoms with Crippen LogP contribution >= 0.6 is 23.2 Å². The van der Waals surface area contributed by atoms with Crippen molar-refractivity contribution < 1.29 is 4.79 Å². The second kappa shape index (κ2) is 9.69. The Bertz CT molecular complexity index is 888. The summed E-state index contributed by atoms with van der Waals surface area (Å²) in [5.74, 6) is 0.310. The highest BCUT2D eigenvalue weighted by molar-refractivity contribution is 6.35. The van der Waals surface area contributed by atoms with Gasteiger partial charge in [0.2, 0.25) is 0 Å². The van der Waals surface area contributed by atoms with Gasteiger partial charge in [0.05, 0.1) is 28.2 Å². The first-order valence-electron chi connectivity index (χ1n) is 10.8. The summed E-state index contributed by atoms with van der Waals surface area (Å²) in [6.07, 6.45) is 5.88. The number of rotatable bonds is 8. The molecule has 1 aliphatic carbocycles. The van der Waals surface area contributed by atoms with E-state index in [1.165, 1.54) is 0 Å². The van der Waals surface area contributed by atoms with Crippen molar-refractivity contribution in [1.29, 1.82) is 0 Å². The summed E-state index contributed by atoms with van der Waals surface area (Å²) in [4.78, 5) is 17.7. The van der Waals surface area contributed by atoms with Gasteiger partial charge < -0.3 is 15.1 Å². The summed E-state index contributed by atoms with van der Waals surface area (Å²) >= 11 is 12.4. The highest BCUT2D eigenvalue weighted by atomic mass is 35.5. The van der Waals surface area contributed by atoms with Crippen molar-refractivity contribution in [3.63, 3.8) is 0 Å². The Morgan fingerprint density at radius 2 is 1.93 bits per heavy atom. The molecule has 2 aliphatic rings. The maximum absolute atomic E-state index is 12.8. The number of carbonyl (C=O) groups excluding carboxylic acids is 1. The molecule has 1 aromatic heterocycles. The number of aromatic nitrogens is 2. The minimum Gasteiger partial charge on any atom is -0.352 e.